The summed E-state index contributed by atoms with van der Waals surface area (Å²) in [5, 5.41) is 14.4. The van der Waals surface area contributed by atoms with Gasteiger partial charge >= 0.3 is 6.09 Å². The van der Waals surface area contributed by atoms with Crippen LogP contribution in [0.1, 0.15) is 31.0 Å². The number of rotatable bonds is 3. The summed E-state index contributed by atoms with van der Waals surface area (Å²) < 4.78 is 20.8. The molecule has 1 unspecified atom stereocenters. The van der Waals surface area contributed by atoms with Crippen LogP contribution in [0.15, 0.2) is 24.5 Å². The topological polar surface area (TPSA) is 114 Å². The van der Waals surface area contributed by atoms with Crippen molar-refractivity contribution < 1.29 is 19.0 Å². The number of nitrogens with one attached hydrogen (secondary N) is 1. The average molecular weight is 466 g/mol. The summed E-state index contributed by atoms with van der Waals surface area (Å²) in [6.07, 6.45) is 4.12. The lowest BCUT2D eigenvalue weighted by Gasteiger charge is -2.31. The molecule has 8 nitrogen and oxygen atoms in total. The van der Waals surface area contributed by atoms with Crippen molar-refractivity contribution in [1.29, 1.82) is 0 Å². The number of halogens is 1. The molecule has 1 fully saturated rings. The quantitative estimate of drug-likeness (QED) is 0.485. The van der Waals surface area contributed by atoms with Gasteiger partial charge in [0.15, 0.2) is 5.82 Å². The molecule has 1 atom stereocenters. The zero-order valence-electron chi connectivity index (χ0n) is 19.3. The molecular weight excluding hydrogens is 437 g/mol. The molecule has 9 heteroatoms. The number of anilines is 3. The van der Waals surface area contributed by atoms with Gasteiger partial charge in [-0.15, -0.1) is 0 Å². The first kappa shape index (κ1) is 22.3. The molecule has 4 heterocycles. The molecule has 1 saturated heterocycles. The second-order valence-electron chi connectivity index (χ2n) is 9.22. The molecule has 1 aromatic carbocycles. The van der Waals surface area contributed by atoms with Crippen LogP contribution in [0, 0.1) is 18.7 Å². The van der Waals surface area contributed by atoms with Crippen molar-refractivity contribution in [2.45, 2.75) is 39.2 Å². The monoisotopic (exact) mass is 465 g/mol. The fourth-order valence-corrected chi connectivity index (χ4v) is 4.99. The molecule has 0 saturated carbocycles. The van der Waals surface area contributed by atoms with Crippen molar-refractivity contribution in [3.63, 3.8) is 0 Å². The van der Waals surface area contributed by atoms with E-state index in [1.54, 1.807) is 18.3 Å². The summed E-state index contributed by atoms with van der Waals surface area (Å²) in [6, 6.07) is 3.14. The number of hydrogen-bond donors (Lipinski definition) is 3. The van der Waals surface area contributed by atoms with Crippen LogP contribution >= 0.6 is 0 Å². The number of fused-ring (bicyclic) bond motifs is 2. The molecule has 0 spiro atoms. The van der Waals surface area contributed by atoms with Crippen LogP contribution in [0.2, 0.25) is 0 Å². The van der Waals surface area contributed by atoms with Gasteiger partial charge in [-0.1, -0.05) is 6.92 Å². The Hall–Kier alpha value is -3.46. The maximum Gasteiger partial charge on any atom is 0.413 e. The number of nitrogens with two attached hydrogens (primary N) is 1. The van der Waals surface area contributed by atoms with E-state index in [9.17, 15) is 9.90 Å². The Labute approximate surface area is 196 Å². The smallest absolute Gasteiger partial charge is 0.413 e. The molecular formula is C25H28FN5O3. The third kappa shape index (κ3) is 3.79. The van der Waals surface area contributed by atoms with Crippen LogP contribution in [0.25, 0.3) is 21.9 Å². The Morgan fingerprint density at radius 3 is 2.74 bits per heavy atom. The molecule has 1 amide bonds. The minimum Gasteiger partial charge on any atom is -0.465 e. The summed E-state index contributed by atoms with van der Waals surface area (Å²) >= 11 is 0. The molecule has 4 N–H and O–H groups in total. The molecule has 34 heavy (non-hydrogen) atoms. The number of pyridine rings is 2. The summed E-state index contributed by atoms with van der Waals surface area (Å²) in [7, 11) is 0. The molecule has 2 aliphatic rings. The van der Waals surface area contributed by atoms with E-state index in [4.69, 9.17) is 10.5 Å². The van der Waals surface area contributed by atoms with E-state index in [0.717, 1.165) is 29.9 Å². The maximum absolute atomic E-state index is 15.5. The minimum atomic E-state index is -1.08. The number of nitrogens with zero attached hydrogens (tertiary/aromatic N) is 3. The summed E-state index contributed by atoms with van der Waals surface area (Å²) in [5.74, 6) is 0.243. The van der Waals surface area contributed by atoms with Crippen molar-refractivity contribution in [2.24, 2.45) is 5.92 Å². The van der Waals surface area contributed by atoms with Gasteiger partial charge < -0.3 is 20.9 Å². The molecule has 3 aromatic rings. The number of amides is 1. The van der Waals surface area contributed by atoms with Crippen LogP contribution in [-0.2, 0) is 11.2 Å². The lowest BCUT2D eigenvalue weighted by Crippen LogP contribution is -2.43. The molecule has 0 aliphatic carbocycles. The Morgan fingerprint density at radius 2 is 2.00 bits per heavy atom. The number of ether oxygens (including phenoxy) is 1. The number of carbonyl (C=O) groups is 1. The van der Waals surface area contributed by atoms with Gasteiger partial charge in [0.05, 0.1) is 17.1 Å². The summed E-state index contributed by atoms with van der Waals surface area (Å²) in [6.45, 7) is 5.96. The van der Waals surface area contributed by atoms with E-state index >= 15 is 4.39 Å². The second kappa shape index (κ2) is 8.72. The largest absolute Gasteiger partial charge is 0.465 e. The fraction of sp³-hybridized carbons (Fsp3) is 0.400. The third-order valence-corrected chi connectivity index (χ3v) is 6.87. The molecule has 0 bridgehead atoms. The van der Waals surface area contributed by atoms with Gasteiger partial charge in [0.1, 0.15) is 5.82 Å². The van der Waals surface area contributed by atoms with Gasteiger partial charge in [0, 0.05) is 54.7 Å². The predicted molar refractivity (Wildman–Crippen MR) is 130 cm³/mol. The van der Waals surface area contributed by atoms with Gasteiger partial charge in [0.25, 0.3) is 0 Å². The van der Waals surface area contributed by atoms with E-state index in [0.29, 0.717) is 59.7 Å². The van der Waals surface area contributed by atoms with Gasteiger partial charge in [-0.2, -0.15) is 0 Å². The molecule has 0 radical (unpaired) electrons. The first-order valence-electron chi connectivity index (χ1n) is 11.6. The number of benzene rings is 1. The zero-order chi connectivity index (χ0) is 24.0. The molecule has 2 aliphatic heterocycles. The van der Waals surface area contributed by atoms with Gasteiger partial charge in [0.2, 0.25) is 0 Å². The average Bonchev–Trinajstić information content (AvgIpc) is 2.82. The third-order valence-electron chi connectivity index (χ3n) is 6.87. The standard InChI is InChI=1S/C25H28FN5O3/c1-13-7-20-24(30-10-13)14(2)18(11-28-20)17-8-15-9-21(29-12-19(15)23(27)22(17)26)31(25(32)33)16-3-5-34-6-4-16/h8-9,11-13,16,30H,3-7,10,27H2,1-2H3,(H,32,33). The highest BCUT2D eigenvalue weighted by Crippen LogP contribution is 2.39. The minimum absolute atomic E-state index is 0.0156. The van der Waals surface area contributed by atoms with Crippen molar-refractivity contribution in [2.75, 3.05) is 35.7 Å². The van der Waals surface area contributed by atoms with Crippen molar-refractivity contribution in [3.8, 4) is 11.1 Å². The number of aromatic nitrogens is 2. The van der Waals surface area contributed by atoms with E-state index in [-0.39, 0.29) is 11.7 Å². The molecule has 5 rings (SSSR count). The highest BCUT2D eigenvalue weighted by Gasteiger charge is 2.29. The van der Waals surface area contributed by atoms with E-state index in [2.05, 4.69) is 22.2 Å². The van der Waals surface area contributed by atoms with Crippen molar-refractivity contribution >= 4 is 34.1 Å². The highest BCUT2D eigenvalue weighted by atomic mass is 19.1. The van der Waals surface area contributed by atoms with Gasteiger partial charge in [-0.25, -0.2) is 14.2 Å². The number of carboxylic acid groups (broad SMARTS) is 1. The second-order valence-corrected chi connectivity index (χ2v) is 9.22. The highest BCUT2D eigenvalue weighted by molar-refractivity contribution is 5.99. The van der Waals surface area contributed by atoms with Gasteiger partial charge in [-0.05, 0) is 55.2 Å². The normalized spacial score (nSPS) is 18.4. The molecule has 2 aromatic heterocycles. The van der Waals surface area contributed by atoms with Crippen LogP contribution in [-0.4, -0.2) is 47.0 Å². The van der Waals surface area contributed by atoms with Crippen molar-refractivity contribution in [1.82, 2.24) is 9.97 Å². The summed E-state index contributed by atoms with van der Waals surface area (Å²) in [4.78, 5) is 22.3. The number of nitrogen functional groups attached to an aromatic ring is 1. The first-order chi connectivity index (χ1) is 16.3. The van der Waals surface area contributed by atoms with Gasteiger partial charge in [-0.3, -0.25) is 9.88 Å². The summed E-state index contributed by atoms with van der Waals surface area (Å²) in [5.41, 5.74) is 10.0. The first-order valence-corrected chi connectivity index (χ1v) is 11.6. The van der Waals surface area contributed by atoms with E-state index in [1.807, 2.05) is 6.92 Å². The predicted octanol–water partition coefficient (Wildman–Crippen LogP) is 4.59. The van der Waals surface area contributed by atoms with E-state index in [1.165, 1.54) is 11.1 Å². The lowest BCUT2D eigenvalue weighted by atomic mass is 9.92. The number of hydrogen-bond acceptors (Lipinski definition) is 6. The molecule has 178 valence electrons. The van der Waals surface area contributed by atoms with Crippen LogP contribution in [0.3, 0.4) is 0 Å². The van der Waals surface area contributed by atoms with E-state index < -0.39 is 11.9 Å². The van der Waals surface area contributed by atoms with Crippen LogP contribution < -0.4 is 16.0 Å². The Kier molecular flexibility index (Phi) is 5.73. The lowest BCUT2D eigenvalue weighted by molar-refractivity contribution is 0.0836. The zero-order valence-corrected chi connectivity index (χ0v) is 19.3. The Balaban J connectivity index is 1.62. The Bertz CT molecular complexity index is 1280. The SMILES string of the molecule is Cc1c(-c2cc3cc(N(C(=O)O)C4CCOCC4)ncc3c(N)c2F)cnc2c1NCC(C)C2. The van der Waals surface area contributed by atoms with Crippen LogP contribution in [0.4, 0.5) is 26.4 Å². The fourth-order valence-electron chi connectivity index (χ4n) is 4.99. The Morgan fingerprint density at radius 1 is 1.24 bits per heavy atom. The van der Waals surface area contributed by atoms with Crippen molar-refractivity contribution in [3.05, 3.63) is 41.6 Å². The van der Waals surface area contributed by atoms with Crippen LogP contribution in [0.5, 0.6) is 0 Å². The maximum atomic E-state index is 15.5.